The molecule has 0 heterocycles. The second-order valence-corrected chi connectivity index (χ2v) is 3.68. The lowest BCUT2D eigenvalue weighted by Crippen LogP contribution is -2.16. The summed E-state index contributed by atoms with van der Waals surface area (Å²) < 4.78 is 35.6. The Kier molecular flexibility index (Phi) is 3.98. The molecule has 94 valence electrons. The summed E-state index contributed by atoms with van der Waals surface area (Å²) in [4.78, 5) is 11.2. The van der Waals surface area contributed by atoms with Crippen LogP contribution in [-0.2, 0) is 4.79 Å². The highest BCUT2D eigenvalue weighted by molar-refractivity contribution is 5.92. The van der Waals surface area contributed by atoms with Crippen molar-refractivity contribution in [2.24, 2.45) is 0 Å². The fourth-order valence-electron chi connectivity index (χ4n) is 1.22. The van der Waals surface area contributed by atoms with E-state index in [-0.39, 0.29) is 11.4 Å². The Balaban J connectivity index is 2.57. The van der Waals surface area contributed by atoms with Crippen molar-refractivity contribution < 1.29 is 23.1 Å². The van der Waals surface area contributed by atoms with Crippen LogP contribution in [0.3, 0.4) is 0 Å². The molecule has 6 heteroatoms. The first-order valence-electron chi connectivity index (χ1n) is 4.94. The van der Waals surface area contributed by atoms with Crippen LogP contribution in [0.15, 0.2) is 18.2 Å². The zero-order valence-electron chi connectivity index (χ0n) is 9.14. The number of benzene rings is 1. The maximum atomic E-state index is 11.9. The van der Waals surface area contributed by atoms with E-state index in [1.54, 1.807) is 13.0 Å². The molecule has 0 spiro atoms. The zero-order chi connectivity index (χ0) is 13.1. The van der Waals surface area contributed by atoms with Gasteiger partial charge in [-0.05, 0) is 24.6 Å². The minimum atomic E-state index is -4.35. The number of carbonyl (C=O) groups excluding carboxylic acids is 1. The Morgan fingerprint density at radius 1 is 1.41 bits per heavy atom. The minimum Gasteiger partial charge on any atom is -0.506 e. The molecular formula is C11H12F3NO2. The minimum absolute atomic E-state index is 0.114. The number of hydrogen-bond acceptors (Lipinski definition) is 2. The molecule has 0 aliphatic heterocycles. The molecule has 1 aromatic carbocycles. The molecule has 0 aliphatic carbocycles. The van der Waals surface area contributed by atoms with Gasteiger partial charge in [0.05, 0.1) is 12.1 Å². The van der Waals surface area contributed by atoms with Gasteiger partial charge in [0.2, 0.25) is 5.91 Å². The third-order valence-electron chi connectivity index (χ3n) is 2.06. The van der Waals surface area contributed by atoms with Crippen molar-refractivity contribution in [2.45, 2.75) is 25.9 Å². The summed E-state index contributed by atoms with van der Waals surface area (Å²) in [5.41, 5.74) is 0.901. The molecule has 0 radical (unpaired) electrons. The SMILES string of the molecule is Cc1ccc(NC(=O)CCC(F)(F)F)c(O)c1. The van der Waals surface area contributed by atoms with Crippen LogP contribution in [0.1, 0.15) is 18.4 Å². The highest BCUT2D eigenvalue weighted by Crippen LogP contribution is 2.25. The summed E-state index contributed by atoms with van der Waals surface area (Å²) in [7, 11) is 0. The maximum absolute atomic E-state index is 11.9. The number of aromatic hydroxyl groups is 1. The summed E-state index contributed by atoms with van der Waals surface area (Å²) in [5, 5.41) is 11.7. The average molecular weight is 247 g/mol. The molecule has 0 unspecified atom stereocenters. The van der Waals surface area contributed by atoms with Crippen molar-refractivity contribution in [2.75, 3.05) is 5.32 Å². The van der Waals surface area contributed by atoms with Gasteiger partial charge in [-0.25, -0.2) is 0 Å². The lowest BCUT2D eigenvalue weighted by molar-refractivity contribution is -0.142. The smallest absolute Gasteiger partial charge is 0.389 e. The van der Waals surface area contributed by atoms with Crippen LogP contribution in [0.4, 0.5) is 18.9 Å². The van der Waals surface area contributed by atoms with Gasteiger partial charge in [0.25, 0.3) is 0 Å². The van der Waals surface area contributed by atoms with Gasteiger partial charge in [0.1, 0.15) is 5.75 Å². The number of aryl methyl sites for hydroxylation is 1. The first-order chi connectivity index (χ1) is 7.78. The number of anilines is 1. The van der Waals surface area contributed by atoms with Crippen LogP contribution in [-0.4, -0.2) is 17.2 Å². The van der Waals surface area contributed by atoms with Gasteiger partial charge in [-0.1, -0.05) is 6.07 Å². The molecule has 0 bridgehead atoms. The molecule has 0 saturated heterocycles. The molecular weight excluding hydrogens is 235 g/mol. The molecule has 2 N–H and O–H groups in total. The Morgan fingerprint density at radius 2 is 2.06 bits per heavy atom. The Labute approximate surface area is 96.3 Å². The Bertz CT molecular complexity index is 416. The third-order valence-corrected chi connectivity index (χ3v) is 2.06. The van der Waals surface area contributed by atoms with Crippen LogP contribution in [0.2, 0.25) is 0 Å². The lowest BCUT2D eigenvalue weighted by Gasteiger charge is -2.09. The number of alkyl halides is 3. The predicted molar refractivity (Wildman–Crippen MR) is 56.8 cm³/mol. The molecule has 0 aromatic heterocycles. The molecule has 0 saturated carbocycles. The molecule has 0 fully saturated rings. The van der Waals surface area contributed by atoms with Gasteiger partial charge >= 0.3 is 6.18 Å². The summed E-state index contributed by atoms with van der Waals surface area (Å²) >= 11 is 0. The number of halogens is 3. The fraction of sp³-hybridized carbons (Fsp3) is 0.364. The molecule has 1 amide bonds. The molecule has 0 atom stereocenters. The van der Waals surface area contributed by atoms with Crippen molar-refractivity contribution in [3.05, 3.63) is 23.8 Å². The van der Waals surface area contributed by atoms with Crippen molar-refractivity contribution in [1.29, 1.82) is 0 Å². The average Bonchev–Trinajstić information content (AvgIpc) is 2.18. The highest BCUT2D eigenvalue weighted by atomic mass is 19.4. The van der Waals surface area contributed by atoms with Gasteiger partial charge in [-0.2, -0.15) is 13.2 Å². The van der Waals surface area contributed by atoms with Crippen molar-refractivity contribution in [3.63, 3.8) is 0 Å². The summed E-state index contributed by atoms with van der Waals surface area (Å²) in [6.45, 7) is 1.75. The Hall–Kier alpha value is -1.72. The molecule has 3 nitrogen and oxygen atoms in total. The van der Waals surface area contributed by atoms with Gasteiger partial charge < -0.3 is 10.4 Å². The van der Waals surface area contributed by atoms with Gasteiger partial charge in [-0.15, -0.1) is 0 Å². The van der Waals surface area contributed by atoms with E-state index in [4.69, 9.17) is 0 Å². The number of phenolic OH excluding ortho intramolecular Hbond substituents is 1. The summed E-state index contributed by atoms with van der Waals surface area (Å²) in [6, 6.07) is 4.49. The van der Waals surface area contributed by atoms with E-state index in [1.165, 1.54) is 12.1 Å². The van der Waals surface area contributed by atoms with E-state index in [1.807, 2.05) is 0 Å². The van der Waals surface area contributed by atoms with Crippen LogP contribution >= 0.6 is 0 Å². The van der Waals surface area contributed by atoms with E-state index in [0.717, 1.165) is 5.56 Å². The monoisotopic (exact) mass is 247 g/mol. The van der Waals surface area contributed by atoms with E-state index >= 15 is 0 Å². The molecule has 1 rings (SSSR count). The van der Waals surface area contributed by atoms with Gasteiger partial charge in [-0.3, -0.25) is 4.79 Å². The third kappa shape index (κ3) is 4.76. The van der Waals surface area contributed by atoms with Gasteiger partial charge in [0.15, 0.2) is 0 Å². The Morgan fingerprint density at radius 3 is 2.59 bits per heavy atom. The molecule has 17 heavy (non-hydrogen) atoms. The topological polar surface area (TPSA) is 49.3 Å². The van der Waals surface area contributed by atoms with Crippen molar-refractivity contribution in [3.8, 4) is 5.75 Å². The van der Waals surface area contributed by atoms with E-state index < -0.39 is 24.9 Å². The number of rotatable bonds is 3. The standard InChI is InChI=1S/C11H12F3NO2/c1-7-2-3-8(9(16)6-7)15-10(17)4-5-11(12,13)14/h2-3,6,16H,4-5H2,1H3,(H,15,17). The normalized spacial score (nSPS) is 11.3. The number of hydrogen-bond donors (Lipinski definition) is 2. The van der Waals surface area contributed by atoms with Crippen LogP contribution < -0.4 is 5.32 Å². The van der Waals surface area contributed by atoms with Crippen molar-refractivity contribution >= 4 is 11.6 Å². The van der Waals surface area contributed by atoms with E-state index in [9.17, 15) is 23.1 Å². The molecule has 0 aliphatic rings. The number of amides is 1. The lowest BCUT2D eigenvalue weighted by atomic mass is 10.2. The second-order valence-electron chi connectivity index (χ2n) is 3.68. The fourth-order valence-corrected chi connectivity index (χ4v) is 1.22. The van der Waals surface area contributed by atoms with Crippen LogP contribution in [0, 0.1) is 6.92 Å². The molecule has 1 aromatic rings. The number of phenols is 1. The first-order valence-corrected chi connectivity index (χ1v) is 4.94. The van der Waals surface area contributed by atoms with E-state index in [0.29, 0.717) is 0 Å². The quantitative estimate of drug-likeness (QED) is 0.807. The van der Waals surface area contributed by atoms with Gasteiger partial charge in [0, 0.05) is 6.42 Å². The van der Waals surface area contributed by atoms with E-state index in [2.05, 4.69) is 5.32 Å². The van der Waals surface area contributed by atoms with Crippen LogP contribution in [0.25, 0.3) is 0 Å². The van der Waals surface area contributed by atoms with Crippen LogP contribution in [0.5, 0.6) is 5.75 Å². The maximum Gasteiger partial charge on any atom is 0.389 e. The van der Waals surface area contributed by atoms with Crippen molar-refractivity contribution in [1.82, 2.24) is 0 Å². The summed E-state index contributed by atoms with van der Waals surface area (Å²) in [5.74, 6) is -0.938. The largest absolute Gasteiger partial charge is 0.506 e. The first kappa shape index (κ1) is 13.3. The summed E-state index contributed by atoms with van der Waals surface area (Å²) in [6.07, 6.45) is -6.19. The second kappa shape index (κ2) is 5.07. The predicted octanol–water partition coefficient (Wildman–Crippen LogP) is 2.98. The number of carbonyl (C=O) groups is 1. The zero-order valence-corrected chi connectivity index (χ0v) is 9.14. The number of nitrogens with one attached hydrogen (secondary N) is 1. The highest BCUT2D eigenvalue weighted by Gasteiger charge is 2.27.